The highest BCUT2D eigenvalue weighted by molar-refractivity contribution is 6.31. The van der Waals surface area contributed by atoms with Gasteiger partial charge in [0.25, 0.3) is 0 Å². The van der Waals surface area contributed by atoms with Crippen molar-refractivity contribution >= 4 is 17.6 Å². The lowest BCUT2D eigenvalue weighted by Gasteiger charge is -2.11. The van der Waals surface area contributed by atoms with E-state index in [4.69, 9.17) is 16.7 Å². The predicted molar refractivity (Wildman–Crippen MR) is 56.6 cm³/mol. The quantitative estimate of drug-likeness (QED) is 0.776. The summed E-state index contributed by atoms with van der Waals surface area (Å²) < 4.78 is 0. The van der Waals surface area contributed by atoms with Gasteiger partial charge in [0, 0.05) is 10.9 Å². The molecular formula is C11H11ClO2. The lowest BCUT2D eigenvalue weighted by atomic mass is 9.96. The molecule has 0 aliphatic heterocycles. The summed E-state index contributed by atoms with van der Waals surface area (Å²) in [6.07, 6.45) is 1.63. The first kappa shape index (κ1) is 10.8. The second kappa shape index (κ2) is 4.82. The molecule has 0 radical (unpaired) electrons. The summed E-state index contributed by atoms with van der Waals surface area (Å²) in [4.78, 5) is 10.6. The molecule has 1 N–H and O–H groups in total. The van der Waals surface area contributed by atoms with E-state index in [0.717, 1.165) is 5.56 Å². The van der Waals surface area contributed by atoms with Crippen molar-refractivity contribution in [3.8, 4) is 0 Å². The fraction of sp³-hybridized carbons (Fsp3) is 0.182. The Morgan fingerprint density at radius 3 is 2.71 bits per heavy atom. The van der Waals surface area contributed by atoms with Crippen molar-refractivity contribution in [3.63, 3.8) is 0 Å². The molecule has 1 unspecified atom stereocenters. The Balaban J connectivity index is 2.94. The summed E-state index contributed by atoms with van der Waals surface area (Å²) in [5.74, 6) is -1.07. The van der Waals surface area contributed by atoms with Crippen molar-refractivity contribution in [2.24, 2.45) is 0 Å². The van der Waals surface area contributed by atoms with E-state index < -0.39 is 5.97 Å². The molecule has 3 heteroatoms. The zero-order chi connectivity index (χ0) is 10.6. The molecule has 0 amide bonds. The SMILES string of the molecule is C=CC(CC(=O)O)c1ccccc1Cl. The highest BCUT2D eigenvalue weighted by Gasteiger charge is 2.14. The molecule has 0 aliphatic carbocycles. The molecule has 0 aliphatic rings. The third kappa shape index (κ3) is 2.60. The summed E-state index contributed by atoms with van der Waals surface area (Å²) in [7, 11) is 0. The fourth-order valence-electron chi connectivity index (χ4n) is 1.28. The van der Waals surface area contributed by atoms with Gasteiger partial charge in [-0.15, -0.1) is 6.58 Å². The molecule has 0 aromatic heterocycles. The topological polar surface area (TPSA) is 37.3 Å². The van der Waals surface area contributed by atoms with Gasteiger partial charge in [-0.05, 0) is 11.6 Å². The molecule has 0 heterocycles. The van der Waals surface area contributed by atoms with Crippen LogP contribution in [-0.4, -0.2) is 11.1 Å². The van der Waals surface area contributed by atoms with E-state index in [1.165, 1.54) is 0 Å². The molecule has 0 spiro atoms. The van der Waals surface area contributed by atoms with Crippen molar-refractivity contribution in [1.82, 2.24) is 0 Å². The lowest BCUT2D eigenvalue weighted by Crippen LogP contribution is -2.04. The summed E-state index contributed by atoms with van der Waals surface area (Å²) in [5, 5.41) is 9.26. The molecule has 1 rings (SSSR count). The van der Waals surface area contributed by atoms with Gasteiger partial charge in [0.15, 0.2) is 0 Å². The van der Waals surface area contributed by atoms with Crippen molar-refractivity contribution in [2.45, 2.75) is 12.3 Å². The molecule has 74 valence electrons. The highest BCUT2D eigenvalue weighted by Crippen LogP contribution is 2.27. The minimum absolute atomic E-state index is 0.0211. The van der Waals surface area contributed by atoms with E-state index in [2.05, 4.69) is 6.58 Å². The van der Waals surface area contributed by atoms with Crippen LogP contribution in [0.1, 0.15) is 17.9 Å². The Morgan fingerprint density at radius 2 is 2.21 bits per heavy atom. The van der Waals surface area contributed by atoms with E-state index in [1.807, 2.05) is 18.2 Å². The predicted octanol–water partition coefficient (Wildman–Crippen LogP) is 3.08. The molecular weight excluding hydrogens is 200 g/mol. The minimum atomic E-state index is -0.852. The van der Waals surface area contributed by atoms with Crippen LogP contribution in [0.25, 0.3) is 0 Å². The number of benzene rings is 1. The number of allylic oxidation sites excluding steroid dienone is 1. The van der Waals surface area contributed by atoms with Gasteiger partial charge < -0.3 is 5.11 Å². The summed E-state index contributed by atoms with van der Waals surface area (Å²) in [6.45, 7) is 3.61. The van der Waals surface area contributed by atoms with Gasteiger partial charge in [0.2, 0.25) is 0 Å². The molecule has 1 aromatic carbocycles. The van der Waals surface area contributed by atoms with Crippen molar-refractivity contribution in [3.05, 3.63) is 47.5 Å². The van der Waals surface area contributed by atoms with Gasteiger partial charge in [0.1, 0.15) is 0 Å². The number of carbonyl (C=O) groups is 1. The molecule has 0 fully saturated rings. The van der Waals surface area contributed by atoms with Gasteiger partial charge in [-0.3, -0.25) is 4.79 Å². The smallest absolute Gasteiger partial charge is 0.304 e. The molecule has 14 heavy (non-hydrogen) atoms. The van der Waals surface area contributed by atoms with Crippen LogP contribution in [0, 0.1) is 0 Å². The Hall–Kier alpha value is -1.28. The van der Waals surface area contributed by atoms with Crippen LogP contribution in [0.2, 0.25) is 5.02 Å². The summed E-state index contributed by atoms with van der Waals surface area (Å²) in [6, 6.07) is 7.21. The first-order valence-corrected chi connectivity index (χ1v) is 4.61. The number of hydrogen-bond acceptors (Lipinski definition) is 1. The monoisotopic (exact) mass is 210 g/mol. The molecule has 0 saturated carbocycles. The van der Waals surface area contributed by atoms with Crippen LogP contribution < -0.4 is 0 Å². The standard InChI is InChI=1S/C11H11ClO2/c1-2-8(7-11(13)14)9-5-3-4-6-10(9)12/h2-6,8H,1,7H2,(H,13,14). The van der Waals surface area contributed by atoms with Crippen LogP contribution in [0.5, 0.6) is 0 Å². The largest absolute Gasteiger partial charge is 0.481 e. The highest BCUT2D eigenvalue weighted by atomic mass is 35.5. The lowest BCUT2D eigenvalue weighted by molar-refractivity contribution is -0.137. The Morgan fingerprint density at radius 1 is 1.57 bits per heavy atom. The van der Waals surface area contributed by atoms with Crippen LogP contribution in [0.4, 0.5) is 0 Å². The normalized spacial score (nSPS) is 12.1. The van der Waals surface area contributed by atoms with E-state index in [9.17, 15) is 4.79 Å². The fourth-order valence-corrected chi connectivity index (χ4v) is 1.56. The molecule has 2 nitrogen and oxygen atoms in total. The third-order valence-electron chi connectivity index (χ3n) is 1.98. The number of halogens is 1. The second-order valence-electron chi connectivity index (χ2n) is 2.96. The maximum absolute atomic E-state index is 10.6. The maximum atomic E-state index is 10.6. The van der Waals surface area contributed by atoms with Crippen molar-refractivity contribution in [1.29, 1.82) is 0 Å². The molecule has 0 saturated heterocycles. The number of hydrogen-bond donors (Lipinski definition) is 1. The van der Waals surface area contributed by atoms with E-state index >= 15 is 0 Å². The third-order valence-corrected chi connectivity index (χ3v) is 2.33. The van der Waals surface area contributed by atoms with Crippen LogP contribution in [-0.2, 0) is 4.79 Å². The van der Waals surface area contributed by atoms with Crippen LogP contribution >= 0.6 is 11.6 Å². The van der Waals surface area contributed by atoms with Gasteiger partial charge in [-0.2, -0.15) is 0 Å². The summed E-state index contributed by atoms with van der Waals surface area (Å²) >= 11 is 5.94. The Bertz CT molecular complexity index is 347. The number of carboxylic acids is 1. The minimum Gasteiger partial charge on any atom is -0.481 e. The van der Waals surface area contributed by atoms with E-state index in [-0.39, 0.29) is 12.3 Å². The number of carboxylic acid groups (broad SMARTS) is 1. The summed E-state index contributed by atoms with van der Waals surface area (Å²) in [5.41, 5.74) is 0.812. The second-order valence-corrected chi connectivity index (χ2v) is 3.37. The average molecular weight is 211 g/mol. The average Bonchev–Trinajstić information content (AvgIpc) is 2.15. The zero-order valence-corrected chi connectivity index (χ0v) is 8.37. The zero-order valence-electron chi connectivity index (χ0n) is 7.61. The van der Waals surface area contributed by atoms with Gasteiger partial charge in [-0.25, -0.2) is 0 Å². The Kier molecular flexibility index (Phi) is 3.72. The molecule has 0 bridgehead atoms. The van der Waals surface area contributed by atoms with Crippen LogP contribution in [0.15, 0.2) is 36.9 Å². The Labute approximate surface area is 87.8 Å². The van der Waals surface area contributed by atoms with Gasteiger partial charge in [0.05, 0.1) is 6.42 Å². The maximum Gasteiger partial charge on any atom is 0.304 e. The van der Waals surface area contributed by atoms with Gasteiger partial charge >= 0.3 is 5.97 Å². The number of rotatable bonds is 4. The van der Waals surface area contributed by atoms with Gasteiger partial charge in [-0.1, -0.05) is 35.9 Å². The van der Waals surface area contributed by atoms with E-state index in [0.29, 0.717) is 5.02 Å². The van der Waals surface area contributed by atoms with Crippen molar-refractivity contribution < 1.29 is 9.90 Å². The first-order valence-electron chi connectivity index (χ1n) is 4.24. The first-order chi connectivity index (χ1) is 6.65. The molecule has 1 atom stereocenters. The van der Waals surface area contributed by atoms with Crippen LogP contribution in [0.3, 0.4) is 0 Å². The molecule has 1 aromatic rings. The van der Waals surface area contributed by atoms with E-state index in [1.54, 1.807) is 12.1 Å². The number of aliphatic carboxylic acids is 1. The van der Waals surface area contributed by atoms with Crippen molar-refractivity contribution in [2.75, 3.05) is 0 Å².